The molecule has 0 atom stereocenters. The molecule has 2 aromatic carbocycles. The Bertz CT molecular complexity index is 742. The van der Waals surface area contributed by atoms with E-state index >= 15 is 0 Å². The van der Waals surface area contributed by atoms with E-state index in [1.165, 1.54) is 0 Å². The van der Waals surface area contributed by atoms with Gasteiger partial charge in [0.05, 0.1) is 22.9 Å². The van der Waals surface area contributed by atoms with Crippen LogP contribution in [0.2, 0.25) is 5.02 Å². The van der Waals surface area contributed by atoms with Crippen LogP contribution in [0.5, 0.6) is 0 Å². The van der Waals surface area contributed by atoms with Crippen LogP contribution >= 0.6 is 11.6 Å². The maximum Gasteiger partial charge on any atom is 0.243 e. The van der Waals surface area contributed by atoms with E-state index in [0.29, 0.717) is 10.7 Å². The lowest BCUT2D eigenvalue weighted by Gasteiger charge is -2.13. The van der Waals surface area contributed by atoms with Gasteiger partial charge in [-0.1, -0.05) is 17.7 Å². The predicted molar refractivity (Wildman–Crippen MR) is 84.4 cm³/mol. The lowest BCUT2D eigenvalue weighted by atomic mass is 10.1. The van der Waals surface area contributed by atoms with Crippen molar-refractivity contribution in [2.45, 2.75) is 13.8 Å². The highest BCUT2D eigenvalue weighted by molar-refractivity contribution is 6.34. The zero-order valence-corrected chi connectivity index (χ0v) is 13.2. The molecule has 0 bridgehead atoms. The number of carbonyl (C=O) groups excluding carboxylic acids is 1. The van der Waals surface area contributed by atoms with Crippen LogP contribution in [-0.2, 0) is 4.79 Å². The van der Waals surface area contributed by atoms with Gasteiger partial charge in [-0.25, -0.2) is 13.2 Å². The van der Waals surface area contributed by atoms with E-state index in [4.69, 9.17) is 11.6 Å². The largest absolute Gasteiger partial charge is 0.374 e. The smallest absolute Gasteiger partial charge is 0.243 e. The van der Waals surface area contributed by atoms with E-state index in [9.17, 15) is 18.0 Å². The minimum atomic E-state index is -1.59. The average Bonchev–Trinajstić information content (AvgIpc) is 2.48. The van der Waals surface area contributed by atoms with E-state index in [2.05, 4.69) is 10.6 Å². The molecule has 0 radical (unpaired) electrons. The van der Waals surface area contributed by atoms with E-state index in [0.717, 1.165) is 23.3 Å². The minimum absolute atomic E-state index is 0.300. The van der Waals surface area contributed by atoms with Crippen molar-refractivity contribution >= 4 is 28.9 Å². The molecule has 0 aliphatic rings. The van der Waals surface area contributed by atoms with Crippen LogP contribution in [0.1, 0.15) is 11.1 Å². The van der Waals surface area contributed by atoms with Gasteiger partial charge in [-0.15, -0.1) is 0 Å². The number of nitrogens with one attached hydrogen (secondary N) is 2. The summed E-state index contributed by atoms with van der Waals surface area (Å²) in [4.78, 5) is 11.9. The number of hydrogen-bond donors (Lipinski definition) is 2. The highest BCUT2D eigenvalue weighted by atomic mass is 35.5. The molecule has 2 rings (SSSR count). The van der Waals surface area contributed by atoms with Crippen molar-refractivity contribution in [1.82, 2.24) is 0 Å². The first-order chi connectivity index (χ1) is 10.8. The molecule has 122 valence electrons. The zero-order valence-electron chi connectivity index (χ0n) is 12.4. The van der Waals surface area contributed by atoms with Gasteiger partial charge in [-0.05, 0) is 43.2 Å². The van der Waals surface area contributed by atoms with E-state index in [-0.39, 0.29) is 12.2 Å². The molecule has 0 saturated carbocycles. The monoisotopic (exact) mass is 342 g/mol. The Morgan fingerprint density at radius 1 is 1.13 bits per heavy atom. The van der Waals surface area contributed by atoms with Gasteiger partial charge in [-0.3, -0.25) is 4.79 Å². The second-order valence-corrected chi connectivity index (χ2v) is 5.47. The first-order valence-electron chi connectivity index (χ1n) is 6.73. The molecule has 2 N–H and O–H groups in total. The summed E-state index contributed by atoms with van der Waals surface area (Å²) in [5.41, 5.74) is 1.88. The summed E-state index contributed by atoms with van der Waals surface area (Å²) in [6, 6.07) is 5.35. The van der Waals surface area contributed by atoms with E-state index in [1.54, 1.807) is 13.0 Å². The highest BCUT2D eigenvalue weighted by Gasteiger charge is 2.14. The van der Waals surface area contributed by atoms with Gasteiger partial charge in [0.1, 0.15) is 0 Å². The van der Waals surface area contributed by atoms with E-state index in [1.807, 2.05) is 13.0 Å². The maximum absolute atomic E-state index is 13.5. The molecular weight excluding hydrogens is 329 g/mol. The summed E-state index contributed by atoms with van der Waals surface area (Å²) in [6.45, 7) is 3.33. The first-order valence-corrected chi connectivity index (χ1v) is 7.11. The van der Waals surface area contributed by atoms with Crippen molar-refractivity contribution in [1.29, 1.82) is 0 Å². The molecule has 3 nitrogen and oxygen atoms in total. The highest BCUT2D eigenvalue weighted by Crippen LogP contribution is 2.27. The number of hydrogen-bond acceptors (Lipinski definition) is 2. The summed E-state index contributed by atoms with van der Waals surface area (Å²) in [5, 5.41) is 5.40. The molecule has 0 aliphatic heterocycles. The average molecular weight is 343 g/mol. The summed E-state index contributed by atoms with van der Waals surface area (Å²) < 4.78 is 39.4. The Hall–Kier alpha value is -2.21. The molecule has 0 heterocycles. The molecule has 0 fully saturated rings. The number of halogens is 4. The van der Waals surface area contributed by atoms with Gasteiger partial charge in [-0.2, -0.15) is 0 Å². The molecule has 0 unspecified atom stereocenters. The van der Waals surface area contributed by atoms with Crippen molar-refractivity contribution in [3.8, 4) is 0 Å². The van der Waals surface area contributed by atoms with Crippen molar-refractivity contribution in [2.75, 3.05) is 17.2 Å². The Morgan fingerprint density at radius 3 is 2.48 bits per heavy atom. The van der Waals surface area contributed by atoms with Gasteiger partial charge >= 0.3 is 0 Å². The number of amides is 1. The molecular formula is C16H14ClF3N2O. The van der Waals surface area contributed by atoms with Crippen LogP contribution < -0.4 is 10.6 Å². The number of rotatable bonds is 4. The second kappa shape index (κ2) is 6.91. The SMILES string of the molecule is Cc1cc(C)c(NC(=O)CNc2ccc(F)c(F)c2F)c(Cl)c1. The fourth-order valence-electron chi connectivity index (χ4n) is 2.10. The maximum atomic E-state index is 13.5. The summed E-state index contributed by atoms with van der Waals surface area (Å²) in [7, 11) is 0. The molecule has 0 aromatic heterocycles. The Kier molecular flexibility index (Phi) is 5.15. The normalized spacial score (nSPS) is 10.5. The Balaban J connectivity index is 2.06. The fourth-order valence-corrected chi connectivity index (χ4v) is 2.46. The lowest BCUT2D eigenvalue weighted by molar-refractivity contribution is -0.114. The molecule has 2 aromatic rings. The standard InChI is InChI=1S/C16H14ClF3N2O/c1-8-5-9(2)16(10(17)6-8)22-13(23)7-21-12-4-3-11(18)14(19)15(12)20/h3-6,21H,7H2,1-2H3,(H,22,23). The van der Waals surface area contributed by atoms with Crippen molar-refractivity contribution in [3.63, 3.8) is 0 Å². The van der Waals surface area contributed by atoms with Crippen LogP contribution in [0.25, 0.3) is 0 Å². The van der Waals surface area contributed by atoms with Crippen LogP contribution in [-0.4, -0.2) is 12.5 Å². The van der Waals surface area contributed by atoms with Crippen LogP contribution in [0.4, 0.5) is 24.5 Å². The third-order valence-electron chi connectivity index (χ3n) is 3.17. The third-order valence-corrected chi connectivity index (χ3v) is 3.47. The fraction of sp³-hybridized carbons (Fsp3) is 0.188. The molecule has 23 heavy (non-hydrogen) atoms. The molecule has 0 saturated heterocycles. The van der Waals surface area contributed by atoms with Crippen LogP contribution in [0.3, 0.4) is 0 Å². The quantitative estimate of drug-likeness (QED) is 0.807. The topological polar surface area (TPSA) is 41.1 Å². The summed E-state index contributed by atoms with van der Waals surface area (Å²) in [6.07, 6.45) is 0. The predicted octanol–water partition coefficient (Wildman–Crippen LogP) is 4.42. The number of aryl methyl sites for hydroxylation is 2. The number of anilines is 2. The van der Waals surface area contributed by atoms with Gasteiger partial charge < -0.3 is 10.6 Å². The molecule has 7 heteroatoms. The summed E-state index contributed by atoms with van der Waals surface area (Å²) >= 11 is 6.07. The van der Waals surface area contributed by atoms with Gasteiger partial charge in [0.25, 0.3) is 0 Å². The van der Waals surface area contributed by atoms with E-state index < -0.39 is 23.4 Å². The Labute approximate surface area is 136 Å². The minimum Gasteiger partial charge on any atom is -0.374 e. The molecule has 0 spiro atoms. The van der Waals surface area contributed by atoms with Crippen molar-refractivity contribution in [3.05, 3.63) is 57.9 Å². The summed E-state index contributed by atoms with van der Waals surface area (Å²) in [5.74, 6) is -4.75. The molecule has 1 amide bonds. The zero-order chi connectivity index (χ0) is 17.1. The number of benzene rings is 2. The first kappa shape index (κ1) is 17.1. The van der Waals surface area contributed by atoms with Gasteiger partial charge in [0.15, 0.2) is 17.5 Å². The number of carbonyl (C=O) groups is 1. The van der Waals surface area contributed by atoms with Crippen molar-refractivity contribution < 1.29 is 18.0 Å². The second-order valence-electron chi connectivity index (χ2n) is 5.06. The molecule has 0 aliphatic carbocycles. The lowest BCUT2D eigenvalue weighted by Crippen LogP contribution is -2.23. The van der Waals surface area contributed by atoms with Gasteiger partial charge in [0.2, 0.25) is 5.91 Å². The van der Waals surface area contributed by atoms with Gasteiger partial charge in [0, 0.05) is 0 Å². The van der Waals surface area contributed by atoms with Crippen LogP contribution in [0.15, 0.2) is 24.3 Å². The third kappa shape index (κ3) is 3.96. The van der Waals surface area contributed by atoms with Crippen molar-refractivity contribution in [2.24, 2.45) is 0 Å². The Morgan fingerprint density at radius 2 is 1.83 bits per heavy atom. The van der Waals surface area contributed by atoms with Crippen LogP contribution in [0, 0.1) is 31.3 Å².